The Kier molecular flexibility index (Phi) is 7.20. The van der Waals surface area contributed by atoms with Gasteiger partial charge in [0.15, 0.2) is 11.5 Å². The molecule has 1 aromatic heterocycles. The van der Waals surface area contributed by atoms with Gasteiger partial charge in [-0.25, -0.2) is 4.39 Å². The molecule has 0 saturated heterocycles. The normalized spacial score (nSPS) is 11.7. The van der Waals surface area contributed by atoms with Crippen molar-refractivity contribution in [2.75, 3.05) is 13.9 Å². The number of nitrogens with one attached hydrogen (secondary N) is 1. The monoisotopic (exact) mass is 470 g/mol. The van der Waals surface area contributed by atoms with Gasteiger partial charge in [0.05, 0.1) is 5.56 Å². The maximum atomic E-state index is 12.4. The highest BCUT2D eigenvalue weighted by atomic mass is 32.1. The van der Waals surface area contributed by atoms with Crippen molar-refractivity contribution in [1.29, 1.82) is 0 Å². The van der Waals surface area contributed by atoms with E-state index in [0.717, 1.165) is 23.7 Å². The summed E-state index contributed by atoms with van der Waals surface area (Å²) in [4.78, 5) is 20.7. The van der Waals surface area contributed by atoms with Crippen LogP contribution < -0.4 is 14.8 Å². The summed E-state index contributed by atoms with van der Waals surface area (Å²) < 4.78 is 62.9. The molecule has 0 saturated carbocycles. The number of amides is 1. The van der Waals surface area contributed by atoms with Crippen LogP contribution in [-0.4, -0.2) is 41.2 Å². The second-order valence-electron chi connectivity index (χ2n) is 5.81. The van der Waals surface area contributed by atoms with E-state index in [9.17, 15) is 22.4 Å². The first-order valence-corrected chi connectivity index (χ1v) is 9.53. The van der Waals surface area contributed by atoms with Crippen LogP contribution in [0.3, 0.4) is 0 Å². The van der Waals surface area contributed by atoms with Crippen molar-refractivity contribution >= 4 is 23.2 Å². The minimum atomic E-state index is -4.79. The number of para-hydroxylation sites is 1. The number of aromatic nitrogens is 2. The van der Waals surface area contributed by atoms with Crippen molar-refractivity contribution in [3.8, 4) is 28.1 Å². The number of carbonyl (C=O) groups is 1. The van der Waals surface area contributed by atoms with Crippen molar-refractivity contribution in [3.63, 3.8) is 0 Å². The molecule has 168 valence electrons. The van der Waals surface area contributed by atoms with E-state index < -0.39 is 19.1 Å². The molecule has 3 aromatic rings. The Balaban J connectivity index is 1.82. The Morgan fingerprint density at radius 2 is 1.88 bits per heavy atom. The molecule has 0 bridgehead atoms. The highest BCUT2D eigenvalue weighted by Gasteiger charge is 2.31. The van der Waals surface area contributed by atoms with Gasteiger partial charge >= 0.3 is 6.36 Å². The van der Waals surface area contributed by atoms with Crippen LogP contribution in [0.25, 0.3) is 11.4 Å². The number of benzene rings is 2. The van der Waals surface area contributed by atoms with Crippen LogP contribution in [0.5, 0.6) is 16.7 Å². The fraction of sp³-hybridized carbons (Fsp3) is 0.158. The molecule has 0 spiro atoms. The smallest absolute Gasteiger partial charge is 0.429 e. The van der Waals surface area contributed by atoms with Gasteiger partial charge in [0.2, 0.25) is 0 Å². The Hall–Kier alpha value is -3.74. The second-order valence-corrected chi connectivity index (χ2v) is 6.53. The van der Waals surface area contributed by atoms with E-state index in [4.69, 9.17) is 4.74 Å². The number of hydrogen-bond donors (Lipinski definition) is 1. The molecule has 0 atom stereocenters. The third kappa shape index (κ3) is 5.91. The Morgan fingerprint density at radius 1 is 1.16 bits per heavy atom. The van der Waals surface area contributed by atoms with E-state index >= 15 is 0 Å². The molecule has 2 aromatic carbocycles. The topological polar surface area (TPSA) is 94.9 Å². The number of alkyl halides is 4. The molecule has 0 aliphatic heterocycles. The first kappa shape index (κ1) is 22.9. The molecule has 1 amide bonds. The number of halogens is 4. The van der Waals surface area contributed by atoms with Gasteiger partial charge in [-0.1, -0.05) is 17.3 Å². The zero-order valence-electron chi connectivity index (χ0n) is 16.2. The van der Waals surface area contributed by atoms with Crippen molar-refractivity contribution in [2.24, 2.45) is 5.16 Å². The fourth-order valence-electron chi connectivity index (χ4n) is 2.44. The molecule has 0 fully saturated rings. The van der Waals surface area contributed by atoms with Crippen LogP contribution in [-0.2, 0) is 9.63 Å². The third-order valence-electron chi connectivity index (χ3n) is 3.74. The maximum absolute atomic E-state index is 12.4. The van der Waals surface area contributed by atoms with Gasteiger partial charge in [0.1, 0.15) is 11.5 Å². The third-order valence-corrected chi connectivity index (χ3v) is 4.33. The summed E-state index contributed by atoms with van der Waals surface area (Å²) in [7, 11) is 1.37. The van der Waals surface area contributed by atoms with E-state index in [1.54, 1.807) is 12.1 Å². The minimum Gasteiger partial charge on any atom is -0.429 e. The number of ether oxygens (including phenoxy) is 2. The largest absolute Gasteiger partial charge is 0.573 e. The fourth-order valence-corrected chi connectivity index (χ4v) is 3.00. The Bertz CT molecular complexity index is 1100. The summed E-state index contributed by atoms with van der Waals surface area (Å²) in [6.07, 6.45) is -4.79. The lowest BCUT2D eigenvalue weighted by molar-refractivity contribution is -0.274. The van der Waals surface area contributed by atoms with Gasteiger partial charge < -0.3 is 19.6 Å². The van der Waals surface area contributed by atoms with Crippen LogP contribution in [0.2, 0.25) is 0 Å². The minimum absolute atomic E-state index is 0.0886. The first-order valence-electron chi connectivity index (χ1n) is 8.76. The average molecular weight is 470 g/mol. The molecule has 13 heteroatoms. The molecule has 1 heterocycles. The molecular weight excluding hydrogens is 456 g/mol. The predicted octanol–water partition coefficient (Wildman–Crippen LogP) is 4.29. The molecule has 32 heavy (non-hydrogen) atoms. The van der Waals surface area contributed by atoms with Crippen molar-refractivity contribution in [1.82, 2.24) is 14.7 Å². The molecule has 0 unspecified atom stereocenters. The van der Waals surface area contributed by atoms with Crippen LogP contribution in [0, 0.1) is 0 Å². The molecule has 8 nitrogen and oxygen atoms in total. The van der Waals surface area contributed by atoms with Crippen molar-refractivity contribution < 1.29 is 36.7 Å². The maximum Gasteiger partial charge on any atom is 0.573 e. The highest BCUT2D eigenvalue weighted by Crippen LogP contribution is 2.31. The van der Waals surface area contributed by atoms with Crippen molar-refractivity contribution in [3.05, 3.63) is 54.1 Å². The van der Waals surface area contributed by atoms with Crippen LogP contribution in [0.15, 0.2) is 53.7 Å². The first-order chi connectivity index (χ1) is 15.3. The predicted molar refractivity (Wildman–Crippen MR) is 106 cm³/mol. The Labute approximate surface area is 182 Å². The lowest BCUT2D eigenvalue weighted by atomic mass is 10.1. The lowest BCUT2D eigenvalue weighted by Gasteiger charge is -2.10. The Morgan fingerprint density at radius 3 is 2.53 bits per heavy atom. The molecule has 1 N–H and O–H groups in total. The zero-order valence-corrected chi connectivity index (χ0v) is 17.0. The van der Waals surface area contributed by atoms with E-state index in [-0.39, 0.29) is 33.8 Å². The lowest BCUT2D eigenvalue weighted by Crippen LogP contribution is -2.29. The SMILES string of the molecule is CNC(=O)/C(=N/OCF)c1ccccc1Oc1nc(-c2ccc(OC(F)(F)F)cc2)ns1. The molecular formula is C19H14F4N4O4S. The van der Waals surface area contributed by atoms with Gasteiger partial charge in [-0.3, -0.25) is 4.79 Å². The molecule has 0 aliphatic rings. The van der Waals surface area contributed by atoms with Gasteiger partial charge in [-0.15, -0.1) is 13.2 Å². The summed E-state index contributed by atoms with van der Waals surface area (Å²) in [6, 6.07) is 11.3. The number of hydrogen-bond acceptors (Lipinski definition) is 8. The van der Waals surface area contributed by atoms with Crippen LogP contribution in [0.1, 0.15) is 5.56 Å². The summed E-state index contributed by atoms with van der Waals surface area (Å²) in [5, 5.41) is 5.96. The van der Waals surface area contributed by atoms with E-state index in [1.165, 1.54) is 31.3 Å². The zero-order chi connectivity index (χ0) is 23.1. The molecule has 3 rings (SSSR count). The standard InChI is InChI=1S/C19H14F4N4O4S/c1-24-17(28)15(26-29-10-20)13-4-2-3-5-14(13)30-18-25-16(27-32-18)11-6-8-12(9-7-11)31-19(21,22)23/h2-9H,10H2,1H3,(H,24,28)/b26-15+. The number of nitrogens with zero attached hydrogens (tertiary/aromatic N) is 3. The van der Waals surface area contributed by atoms with E-state index in [0.29, 0.717) is 5.56 Å². The van der Waals surface area contributed by atoms with Gasteiger partial charge in [0, 0.05) is 24.1 Å². The highest BCUT2D eigenvalue weighted by molar-refractivity contribution is 7.07. The summed E-state index contributed by atoms with van der Waals surface area (Å²) in [6.45, 7) is -1.23. The summed E-state index contributed by atoms with van der Waals surface area (Å²) >= 11 is 0.880. The van der Waals surface area contributed by atoms with Gasteiger partial charge in [-0.05, 0) is 36.4 Å². The van der Waals surface area contributed by atoms with E-state index in [1.807, 2.05) is 0 Å². The molecule has 0 aliphatic carbocycles. The number of likely N-dealkylation sites (N-methyl/N-ethyl adjacent to an activating group) is 1. The number of oxime groups is 1. The van der Waals surface area contributed by atoms with Crippen molar-refractivity contribution in [2.45, 2.75) is 6.36 Å². The van der Waals surface area contributed by atoms with E-state index in [2.05, 4.69) is 29.4 Å². The second kappa shape index (κ2) is 10.0. The number of rotatable bonds is 8. The van der Waals surface area contributed by atoms with Crippen LogP contribution >= 0.6 is 11.5 Å². The van der Waals surface area contributed by atoms with Gasteiger partial charge in [0.25, 0.3) is 18.0 Å². The van der Waals surface area contributed by atoms with Gasteiger partial charge in [-0.2, -0.15) is 9.36 Å². The summed E-state index contributed by atoms with van der Waals surface area (Å²) in [5.41, 5.74) is 0.430. The molecule has 0 radical (unpaired) electrons. The quantitative estimate of drug-likeness (QED) is 0.300. The summed E-state index contributed by atoms with van der Waals surface area (Å²) in [5.74, 6) is -0.622. The number of carbonyl (C=O) groups excluding carboxylic acids is 1. The average Bonchev–Trinajstić information content (AvgIpc) is 3.22. The van der Waals surface area contributed by atoms with Crippen LogP contribution in [0.4, 0.5) is 17.6 Å².